The van der Waals surface area contributed by atoms with Crippen LogP contribution in [0.5, 0.6) is 5.75 Å². The Labute approximate surface area is 283 Å². The topological polar surface area (TPSA) is 256 Å². The molecule has 0 saturated carbocycles. The second kappa shape index (κ2) is 19.1. The Kier molecular flexibility index (Phi) is 16.0. The number of rotatable bonds is 18. The van der Waals surface area contributed by atoms with Gasteiger partial charge in [0.1, 0.15) is 48.5 Å². The molecule has 1 fully saturated rings. The molecular formula is C32H47N3O14. The monoisotopic (exact) mass is 697 g/mol. The van der Waals surface area contributed by atoms with E-state index in [4.69, 9.17) is 18.9 Å². The lowest BCUT2D eigenvalue weighted by atomic mass is 9.99. The number of amides is 3. The first-order valence-corrected chi connectivity index (χ1v) is 15.8. The molecule has 274 valence electrons. The van der Waals surface area contributed by atoms with E-state index in [-0.39, 0.29) is 61.7 Å². The number of hydrogen-bond acceptors (Lipinski definition) is 13. The molecule has 1 aromatic carbocycles. The Bertz CT molecular complexity index is 1340. The van der Waals surface area contributed by atoms with E-state index < -0.39 is 72.4 Å². The van der Waals surface area contributed by atoms with Crippen molar-refractivity contribution in [3.8, 4) is 5.75 Å². The summed E-state index contributed by atoms with van der Waals surface area (Å²) in [4.78, 5) is 73.4. The van der Waals surface area contributed by atoms with Crippen molar-refractivity contribution in [3.63, 3.8) is 0 Å². The van der Waals surface area contributed by atoms with Gasteiger partial charge in [-0.25, -0.2) is 4.79 Å². The quantitative estimate of drug-likeness (QED) is 0.0763. The molecule has 49 heavy (non-hydrogen) atoms. The SMILES string of the molecule is CC(=O)OCc1ccc(NC(=O)[C@H](C)NC(=O)[C@@H](NC(=O)CCOCCC(=O)C(C)C)C(C)C)c(O[C@@H]2O[C@H](C(=O)O)[C@@H](O)[C@H](O)[C@H]2O)c1. The molecule has 17 nitrogen and oxygen atoms in total. The number of carboxylic acid groups (broad SMARTS) is 1. The molecule has 7 atom stereocenters. The van der Waals surface area contributed by atoms with E-state index in [0.717, 1.165) is 0 Å². The summed E-state index contributed by atoms with van der Waals surface area (Å²) in [6.07, 6.45) is -9.43. The maximum absolute atomic E-state index is 13.2. The molecule has 17 heteroatoms. The van der Waals surface area contributed by atoms with Crippen LogP contribution in [-0.4, -0.2) is 112 Å². The van der Waals surface area contributed by atoms with Crippen LogP contribution in [0.2, 0.25) is 0 Å². The molecule has 2 rings (SSSR count). The lowest BCUT2D eigenvalue weighted by Crippen LogP contribution is -2.61. The highest BCUT2D eigenvalue weighted by atomic mass is 16.7. The molecule has 0 aliphatic carbocycles. The van der Waals surface area contributed by atoms with Crippen molar-refractivity contribution in [1.29, 1.82) is 0 Å². The first-order chi connectivity index (χ1) is 22.9. The van der Waals surface area contributed by atoms with Crippen molar-refractivity contribution in [1.82, 2.24) is 10.6 Å². The lowest BCUT2D eigenvalue weighted by Gasteiger charge is -2.38. The van der Waals surface area contributed by atoms with Gasteiger partial charge in [-0.1, -0.05) is 33.8 Å². The molecule has 0 unspecified atom stereocenters. The molecular weight excluding hydrogens is 650 g/mol. The fourth-order valence-corrected chi connectivity index (χ4v) is 4.44. The van der Waals surface area contributed by atoms with Gasteiger partial charge in [0.2, 0.25) is 24.0 Å². The molecule has 3 amide bonds. The van der Waals surface area contributed by atoms with Crippen molar-refractivity contribution in [2.24, 2.45) is 11.8 Å². The Morgan fingerprint density at radius 3 is 2.12 bits per heavy atom. The Hall–Kier alpha value is -4.16. The zero-order chi connectivity index (χ0) is 37.0. The number of carboxylic acids is 1. The number of carbonyl (C=O) groups is 6. The summed E-state index contributed by atoms with van der Waals surface area (Å²) in [6.45, 7) is 9.57. The number of ether oxygens (including phenoxy) is 4. The van der Waals surface area contributed by atoms with E-state index in [9.17, 15) is 49.2 Å². The molecule has 7 N–H and O–H groups in total. The molecule has 0 aromatic heterocycles. The van der Waals surface area contributed by atoms with Crippen molar-refractivity contribution in [2.75, 3.05) is 18.5 Å². The number of nitrogens with one attached hydrogen (secondary N) is 3. The predicted molar refractivity (Wildman–Crippen MR) is 170 cm³/mol. The number of aliphatic carboxylic acids is 1. The molecule has 1 aliphatic rings. The minimum Gasteiger partial charge on any atom is -0.479 e. The number of Topliss-reactive ketones (excluding diaryl/α,β-unsaturated/α-hetero) is 1. The van der Waals surface area contributed by atoms with Gasteiger partial charge in [0.15, 0.2) is 6.10 Å². The third-order valence-corrected chi connectivity index (χ3v) is 7.43. The molecule has 0 bridgehead atoms. The van der Waals surface area contributed by atoms with Gasteiger partial charge in [0.25, 0.3) is 0 Å². The van der Waals surface area contributed by atoms with E-state index in [1.54, 1.807) is 27.7 Å². The molecule has 1 aromatic rings. The van der Waals surface area contributed by atoms with E-state index in [2.05, 4.69) is 16.0 Å². The summed E-state index contributed by atoms with van der Waals surface area (Å²) >= 11 is 0. The van der Waals surface area contributed by atoms with E-state index in [0.29, 0.717) is 5.56 Å². The van der Waals surface area contributed by atoms with Gasteiger partial charge < -0.3 is 55.3 Å². The fraction of sp³-hybridized carbons (Fsp3) is 0.625. The average Bonchev–Trinajstić information content (AvgIpc) is 3.02. The van der Waals surface area contributed by atoms with Crippen LogP contribution >= 0.6 is 0 Å². The first kappa shape index (κ1) is 41.0. The van der Waals surface area contributed by atoms with Crippen molar-refractivity contribution in [2.45, 2.75) is 104 Å². The number of ketones is 1. The summed E-state index contributed by atoms with van der Waals surface area (Å²) in [5.41, 5.74) is 0.319. The number of aliphatic hydroxyl groups excluding tert-OH is 3. The molecule has 1 heterocycles. The van der Waals surface area contributed by atoms with Gasteiger partial charge in [-0.2, -0.15) is 0 Å². The van der Waals surface area contributed by atoms with Crippen LogP contribution in [0, 0.1) is 11.8 Å². The van der Waals surface area contributed by atoms with Crippen LogP contribution < -0.4 is 20.7 Å². The number of hydrogen-bond donors (Lipinski definition) is 7. The zero-order valence-electron chi connectivity index (χ0n) is 28.3. The summed E-state index contributed by atoms with van der Waals surface area (Å²) in [7, 11) is 0. The minimum atomic E-state index is -1.97. The highest BCUT2D eigenvalue weighted by Crippen LogP contribution is 2.31. The van der Waals surface area contributed by atoms with Crippen LogP contribution in [0.15, 0.2) is 18.2 Å². The third kappa shape index (κ3) is 12.7. The predicted octanol–water partition coefficient (Wildman–Crippen LogP) is -0.373. The number of anilines is 1. The molecule has 0 spiro atoms. The third-order valence-electron chi connectivity index (χ3n) is 7.43. The fourth-order valence-electron chi connectivity index (χ4n) is 4.44. The van der Waals surface area contributed by atoms with Gasteiger partial charge in [0, 0.05) is 25.7 Å². The molecule has 1 saturated heterocycles. The first-order valence-electron chi connectivity index (χ1n) is 15.8. The minimum absolute atomic E-state index is 0.0373. The van der Waals surface area contributed by atoms with Gasteiger partial charge >= 0.3 is 11.9 Å². The Balaban J connectivity index is 2.11. The van der Waals surface area contributed by atoms with Gasteiger partial charge in [-0.05, 0) is 30.5 Å². The van der Waals surface area contributed by atoms with Crippen molar-refractivity contribution >= 4 is 41.1 Å². The van der Waals surface area contributed by atoms with E-state index >= 15 is 0 Å². The normalized spacial score (nSPS) is 21.7. The van der Waals surface area contributed by atoms with Crippen LogP contribution in [0.4, 0.5) is 5.69 Å². The summed E-state index contributed by atoms with van der Waals surface area (Å²) in [6, 6.07) is 1.97. The summed E-state index contributed by atoms with van der Waals surface area (Å²) in [5.74, 6) is -4.70. The number of esters is 1. The van der Waals surface area contributed by atoms with Crippen LogP contribution in [-0.2, 0) is 49.6 Å². The smallest absolute Gasteiger partial charge is 0.335 e. The number of benzene rings is 1. The van der Waals surface area contributed by atoms with Crippen molar-refractivity contribution in [3.05, 3.63) is 23.8 Å². The maximum atomic E-state index is 13.2. The lowest BCUT2D eigenvalue weighted by molar-refractivity contribution is -0.271. The maximum Gasteiger partial charge on any atom is 0.335 e. The highest BCUT2D eigenvalue weighted by molar-refractivity contribution is 5.99. The van der Waals surface area contributed by atoms with Gasteiger partial charge in [-0.3, -0.25) is 24.0 Å². The highest BCUT2D eigenvalue weighted by Gasteiger charge is 2.48. The second-order valence-corrected chi connectivity index (χ2v) is 12.2. The second-order valence-electron chi connectivity index (χ2n) is 12.2. The number of aliphatic hydroxyl groups is 3. The van der Waals surface area contributed by atoms with Gasteiger partial charge in [-0.15, -0.1) is 0 Å². The molecule has 0 radical (unpaired) electrons. The van der Waals surface area contributed by atoms with E-state index in [1.165, 1.54) is 32.0 Å². The van der Waals surface area contributed by atoms with Crippen LogP contribution in [0.25, 0.3) is 0 Å². The summed E-state index contributed by atoms with van der Waals surface area (Å²) in [5, 5.41) is 47.7. The van der Waals surface area contributed by atoms with Crippen LogP contribution in [0.1, 0.15) is 59.9 Å². The average molecular weight is 698 g/mol. The Morgan fingerprint density at radius 2 is 1.53 bits per heavy atom. The standard InChI is InChI=1S/C32H47N3O14/c1-15(2)21(37)9-11-46-12-10-23(38)35-24(16(3)4)30(43)33-17(5)29(42)34-20-8-7-19(14-47-18(6)36)13-22(20)48-32-27(41)25(39)26(40)28(49-32)31(44)45/h7-8,13,15-17,24-28,32,39-41H,9-12,14H2,1-6H3,(H,33,43)(H,34,42)(H,35,38)(H,44,45)/t17-,24-,25-,26-,27+,28-,32+/m0/s1. The van der Waals surface area contributed by atoms with Crippen molar-refractivity contribution < 1.29 is 68.1 Å². The number of carbonyl (C=O) groups excluding carboxylic acids is 5. The van der Waals surface area contributed by atoms with Gasteiger partial charge in [0.05, 0.1) is 18.9 Å². The Morgan fingerprint density at radius 1 is 0.878 bits per heavy atom. The molecule has 1 aliphatic heterocycles. The summed E-state index contributed by atoms with van der Waals surface area (Å²) < 4.78 is 21.2. The largest absolute Gasteiger partial charge is 0.479 e. The zero-order valence-corrected chi connectivity index (χ0v) is 28.3. The van der Waals surface area contributed by atoms with E-state index in [1.807, 2.05) is 0 Å². The van der Waals surface area contributed by atoms with Crippen LogP contribution in [0.3, 0.4) is 0 Å².